The Bertz CT molecular complexity index is 1080. The number of nitro benzene ring substituents is 1. The second-order valence-corrected chi connectivity index (χ2v) is 13.0. The zero-order valence-electron chi connectivity index (χ0n) is 16.6. The summed E-state index contributed by atoms with van der Waals surface area (Å²) in [5, 5.41) is 11.0. The first-order valence-corrected chi connectivity index (χ1v) is 13.9. The number of aryl methyl sites for hydroxylation is 2. The second-order valence-electron chi connectivity index (χ2n) is 6.48. The molecule has 0 fully saturated rings. The predicted molar refractivity (Wildman–Crippen MR) is 110 cm³/mol. The zero-order valence-corrected chi connectivity index (χ0v) is 19.6. The minimum Gasteiger partial charge on any atom is -0.258 e. The van der Waals surface area contributed by atoms with Gasteiger partial charge in [0, 0.05) is 12.1 Å². The Kier molecular flexibility index (Phi) is 7.22. The summed E-state index contributed by atoms with van der Waals surface area (Å²) in [6.45, 7) is 4.11. The van der Waals surface area contributed by atoms with Gasteiger partial charge in [-0.25, -0.2) is 0 Å². The maximum absolute atomic E-state index is 13.0. The van der Waals surface area contributed by atoms with Crippen molar-refractivity contribution in [2.45, 2.75) is 31.6 Å². The van der Waals surface area contributed by atoms with E-state index in [2.05, 4.69) is 13.8 Å². The summed E-state index contributed by atoms with van der Waals surface area (Å²) in [5.41, 5.74) is 2.01. The van der Waals surface area contributed by atoms with Gasteiger partial charge in [0.2, 0.25) is 0 Å². The van der Waals surface area contributed by atoms with Crippen molar-refractivity contribution >= 4 is 15.8 Å². The van der Waals surface area contributed by atoms with E-state index >= 15 is 0 Å². The van der Waals surface area contributed by atoms with Crippen molar-refractivity contribution in [3.8, 4) is 0 Å². The molecule has 0 atom stereocenters. The van der Waals surface area contributed by atoms with Crippen LogP contribution in [-0.2, 0) is 25.5 Å². The first-order valence-electron chi connectivity index (χ1n) is 9.41. The van der Waals surface area contributed by atoms with E-state index in [1.807, 2.05) is 48.5 Å². The fourth-order valence-electron chi connectivity index (χ4n) is 2.74. The van der Waals surface area contributed by atoms with Crippen LogP contribution in [0.1, 0.15) is 25.0 Å². The first-order chi connectivity index (χ1) is 14.3. The monoisotopic (exact) mass is 539 g/mol. The third-order valence-electron chi connectivity index (χ3n) is 4.50. The molecule has 0 aliphatic rings. The summed E-state index contributed by atoms with van der Waals surface area (Å²) in [6.07, 6.45) is 1.76. The van der Waals surface area contributed by atoms with E-state index in [1.165, 1.54) is 18.2 Å². The Hall–Kier alpha value is -2.30. The van der Waals surface area contributed by atoms with Gasteiger partial charge in [0.05, 0.1) is 4.92 Å². The SMILES string of the molecule is CCc1ccc([I+](OS(=O)(=O)c2cccc([N+](=O)[O-])c2)c2ccc(CC)cc2)cc1. The number of halogens is 1. The van der Waals surface area contributed by atoms with Crippen LogP contribution in [0.5, 0.6) is 0 Å². The lowest BCUT2D eigenvalue weighted by Crippen LogP contribution is -3.85. The lowest BCUT2D eigenvalue weighted by Gasteiger charge is -2.07. The van der Waals surface area contributed by atoms with E-state index < -0.39 is 35.3 Å². The van der Waals surface area contributed by atoms with Crippen molar-refractivity contribution in [2.75, 3.05) is 0 Å². The van der Waals surface area contributed by atoms with E-state index in [1.54, 1.807) is 0 Å². The van der Waals surface area contributed by atoms with Gasteiger partial charge < -0.3 is 0 Å². The van der Waals surface area contributed by atoms with Crippen molar-refractivity contribution < 1.29 is 36.1 Å². The molecule has 1 radical (unpaired) electrons. The maximum Gasteiger partial charge on any atom is 0.336 e. The molecule has 6 nitrogen and oxygen atoms in total. The molecular weight excluding hydrogens is 517 g/mol. The quantitative estimate of drug-likeness (QED) is 0.247. The molecular formula is C22H22INO5S+. The molecule has 0 aliphatic carbocycles. The van der Waals surface area contributed by atoms with Gasteiger partial charge in [-0.05, 0) is 56.8 Å². The Morgan fingerprint density at radius 1 is 0.867 bits per heavy atom. The zero-order chi connectivity index (χ0) is 21.7. The summed E-state index contributed by atoms with van der Waals surface area (Å²) < 4.78 is 33.5. The van der Waals surface area contributed by atoms with Gasteiger partial charge in [0.25, 0.3) is 5.69 Å². The number of rotatable bonds is 8. The average molecular weight is 539 g/mol. The van der Waals surface area contributed by atoms with Crippen LogP contribution in [-0.4, -0.2) is 13.3 Å². The second kappa shape index (κ2) is 9.67. The molecule has 8 heteroatoms. The molecule has 157 valence electrons. The van der Waals surface area contributed by atoms with E-state index in [-0.39, 0.29) is 10.6 Å². The van der Waals surface area contributed by atoms with Gasteiger partial charge in [-0.1, -0.05) is 44.2 Å². The number of nitrogens with zero attached hydrogens (tertiary/aromatic N) is 1. The molecule has 30 heavy (non-hydrogen) atoms. The Balaban J connectivity index is 2.02. The molecule has 3 aromatic rings. The van der Waals surface area contributed by atoms with Crippen LogP contribution < -0.4 is 20.2 Å². The van der Waals surface area contributed by atoms with Gasteiger partial charge >= 0.3 is 30.4 Å². The molecule has 0 saturated carbocycles. The van der Waals surface area contributed by atoms with Crippen LogP contribution in [0.2, 0.25) is 0 Å². The molecule has 0 saturated heterocycles. The largest absolute Gasteiger partial charge is 0.336 e. The highest BCUT2D eigenvalue weighted by Gasteiger charge is 2.38. The van der Waals surface area contributed by atoms with Crippen LogP contribution >= 0.6 is 0 Å². The number of benzene rings is 3. The summed E-state index contributed by atoms with van der Waals surface area (Å²) in [4.78, 5) is 10.2. The molecule has 0 heterocycles. The van der Waals surface area contributed by atoms with Crippen LogP contribution in [0.4, 0.5) is 5.69 Å². The maximum atomic E-state index is 13.0. The van der Waals surface area contributed by atoms with E-state index in [9.17, 15) is 18.5 Å². The molecule has 0 N–H and O–H groups in total. The van der Waals surface area contributed by atoms with Crippen molar-refractivity contribution in [1.82, 2.24) is 0 Å². The third-order valence-corrected chi connectivity index (χ3v) is 11.8. The van der Waals surface area contributed by atoms with E-state index in [0.717, 1.165) is 37.2 Å². The van der Waals surface area contributed by atoms with Crippen molar-refractivity contribution in [3.05, 3.63) is 101 Å². The fourth-order valence-corrected chi connectivity index (χ4v) is 9.67. The highest BCUT2D eigenvalue weighted by Crippen LogP contribution is 2.17. The van der Waals surface area contributed by atoms with Crippen LogP contribution in [0.25, 0.3) is 0 Å². The molecule has 3 aromatic carbocycles. The lowest BCUT2D eigenvalue weighted by molar-refractivity contribution is -1.03. The predicted octanol–water partition coefficient (Wildman–Crippen LogP) is 1.70. The minimum atomic E-state index is -4.18. The van der Waals surface area contributed by atoms with Crippen molar-refractivity contribution in [3.63, 3.8) is 0 Å². The highest BCUT2D eigenvalue weighted by molar-refractivity contribution is 7.86. The Morgan fingerprint density at radius 2 is 1.37 bits per heavy atom. The van der Waals surface area contributed by atoms with E-state index in [4.69, 9.17) is 2.51 Å². The standard InChI is InChI=1S/C22H22INO5S/c1-3-17-8-12-19(13-9-17)23(20-14-10-18(4-2)11-15-20)29-30(27,28)22-7-5-6-21(16-22)24(25)26/h5-16H,3-4H2,1-2H3/q+1. The Morgan fingerprint density at radius 3 is 1.80 bits per heavy atom. The summed E-state index contributed by atoms with van der Waals surface area (Å²) in [6, 6.07) is 20.5. The number of non-ortho nitro benzene ring substituents is 1. The van der Waals surface area contributed by atoms with Crippen LogP contribution in [0.3, 0.4) is 0 Å². The number of hydrogen-bond acceptors (Lipinski definition) is 5. The fraction of sp³-hybridized carbons (Fsp3) is 0.182. The lowest BCUT2D eigenvalue weighted by atomic mass is 10.2. The first kappa shape index (κ1) is 22.4. The summed E-state index contributed by atoms with van der Waals surface area (Å²) in [7, 11) is -4.18. The van der Waals surface area contributed by atoms with Gasteiger partial charge in [-0.2, -0.15) is 8.42 Å². The summed E-state index contributed by atoms with van der Waals surface area (Å²) in [5.74, 6) is 0. The van der Waals surface area contributed by atoms with Crippen LogP contribution in [0, 0.1) is 17.3 Å². The highest BCUT2D eigenvalue weighted by atomic mass is 127. The van der Waals surface area contributed by atoms with Gasteiger partial charge in [-0.3, -0.25) is 10.1 Å². The molecule has 0 aliphatic heterocycles. The minimum absolute atomic E-state index is 0.214. The van der Waals surface area contributed by atoms with Gasteiger partial charge in [0.1, 0.15) is 4.90 Å². The average Bonchev–Trinajstić information content (AvgIpc) is 2.78. The normalized spacial score (nSPS) is 11.6. The molecule has 0 spiro atoms. The molecule has 0 unspecified atom stereocenters. The number of hydrogen-bond donors (Lipinski definition) is 0. The Labute approximate surface area is 184 Å². The topological polar surface area (TPSA) is 86.5 Å². The van der Waals surface area contributed by atoms with Crippen molar-refractivity contribution in [2.24, 2.45) is 0 Å². The molecule has 0 amide bonds. The third kappa shape index (κ3) is 5.24. The molecule has 0 aromatic heterocycles. The summed E-state index contributed by atoms with van der Waals surface area (Å²) >= 11 is -2.83. The number of nitro groups is 1. The van der Waals surface area contributed by atoms with Crippen molar-refractivity contribution in [1.29, 1.82) is 0 Å². The van der Waals surface area contributed by atoms with Crippen LogP contribution in [0.15, 0.2) is 77.7 Å². The van der Waals surface area contributed by atoms with Gasteiger partial charge in [-0.15, -0.1) is 0 Å². The smallest absolute Gasteiger partial charge is 0.258 e. The van der Waals surface area contributed by atoms with E-state index in [0.29, 0.717) is 0 Å². The molecule has 3 rings (SSSR count). The van der Waals surface area contributed by atoms with Gasteiger partial charge in [0.15, 0.2) is 7.14 Å². The molecule has 0 bridgehead atoms.